The molecule has 0 spiro atoms. The molecule has 0 aliphatic rings. The van der Waals surface area contributed by atoms with Crippen molar-refractivity contribution in [3.05, 3.63) is 36.5 Å². The minimum absolute atomic E-state index is 0.0779. The van der Waals surface area contributed by atoms with Gasteiger partial charge < -0.3 is 14.2 Å². The zero-order chi connectivity index (χ0) is 45.8. The lowest BCUT2D eigenvalue weighted by atomic mass is 10.0. The van der Waals surface area contributed by atoms with Crippen LogP contribution in [-0.2, 0) is 28.6 Å². The molecule has 0 heterocycles. The van der Waals surface area contributed by atoms with E-state index in [1.54, 1.807) is 0 Å². The van der Waals surface area contributed by atoms with Crippen LogP contribution in [0.25, 0.3) is 0 Å². The highest BCUT2D eigenvalue weighted by Gasteiger charge is 2.19. The number of hydrogen-bond acceptors (Lipinski definition) is 6. The molecule has 0 amide bonds. The van der Waals surface area contributed by atoms with Gasteiger partial charge in [0.05, 0.1) is 0 Å². The highest BCUT2D eigenvalue weighted by atomic mass is 16.6. The average molecular weight is 885 g/mol. The SMILES string of the molecule is CCCCCC=CCC=CCCCCCCCC(=O)OCC(COC(=O)CCCCCCCC=CCCCCCCCC)OC(=O)CCCCCCCCCCCCCCCCC. The van der Waals surface area contributed by atoms with Crippen molar-refractivity contribution in [1.29, 1.82) is 0 Å². The first-order chi connectivity index (χ1) is 31.0. The molecule has 0 saturated heterocycles. The van der Waals surface area contributed by atoms with E-state index in [1.165, 1.54) is 167 Å². The molecule has 0 radical (unpaired) electrons. The van der Waals surface area contributed by atoms with Crippen molar-refractivity contribution in [3.63, 3.8) is 0 Å². The van der Waals surface area contributed by atoms with E-state index in [-0.39, 0.29) is 31.1 Å². The summed E-state index contributed by atoms with van der Waals surface area (Å²) in [4.78, 5) is 38.0. The summed E-state index contributed by atoms with van der Waals surface area (Å²) in [5, 5.41) is 0. The molecule has 0 aliphatic heterocycles. The Morgan fingerprint density at radius 3 is 0.921 bits per heavy atom. The summed E-state index contributed by atoms with van der Waals surface area (Å²) in [7, 11) is 0. The fraction of sp³-hybridized carbons (Fsp3) is 0.842. The standard InChI is InChI=1S/C57H104O6/c1-4-7-10-13-16-19-22-25-28-31-34-37-40-43-46-49-55(58)61-52-54(63-57(60)51-48-45-42-39-36-33-30-27-24-21-18-15-12-9-6-3)53-62-56(59)50-47-44-41-38-35-32-29-26-23-20-17-14-11-8-5-2/h16,19,25-26,28-29,54H,4-15,17-18,20-24,27,30-53H2,1-3H3. The highest BCUT2D eigenvalue weighted by molar-refractivity contribution is 5.71. The van der Waals surface area contributed by atoms with Crippen LogP contribution in [-0.4, -0.2) is 37.2 Å². The smallest absolute Gasteiger partial charge is 0.306 e. The topological polar surface area (TPSA) is 78.9 Å². The average Bonchev–Trinajstić information content (AvgIpc) is 3.28. The number of hydrogen-bond donors (Lipinski definition) is 0. The Bertz CT molecular complexity index is 1060. The Kier molecular flexibility index (Phi) is 50.3. The summed E-state index contributed by atoms with van der Waals surface area (Å²) in [6.07, 6.45) is 61.2. The summed E-state index contributed by atoms with van der Waals surface area (Å²) in [6.45, 7) is 6.62. The Hall–Kier alpha value is -2.37. The van der Waals surface area contributed by atoms with Crippen LogP contribution >= 0.6 is 0 Å². The molecule has 0 saturated carbocycles. The van der Waals surface area contributed by atoms with Crippen LogP contribution in [0.5, 0.6) is 0 Å². The number of allylic oxidation sites excluding steroid dienone is 6. The third-order valence-electron chi connectivity index (χ3n) is 12.1. The molecule has 368 valence electrons. The molecule has 0 aromatic rings. The minimum Gasteiger partial charge on any atom is -0.462 e. The van der Waals surface area contributed by atoms with Crippen LogP contribution in [0.4, 0.5) is 0 Å². The maximum absolute atomic E-state index is 12.8. The summed E-state index contributed by atoms with van der Waals surface area (Å²) in [5.41, 5.74) is 0. The molecule has 0 bridgehead atoms. The molecule has 63 heavy (non-hydrogen) atoms. The van der Waals surface area contributed by atoms with Gasteiger partial charge in [0.1, 0.15) is 13.2 Å². The minimum atomic E-state index is -0.777. The van der Waals surface area contributed by atoms with E-state index in [0.717, 1.165) is 83.5 Å². The molecular formula is C57H104O6. The molecule has 0 aromatic carbocycles. The number of carbonyl (C=O) groups is 3. The molecule has 1 atom stereocenters. The largest absolute Gasteiger partial charge is 0.462 e. The van der Waals surface area contributed by atoms with E-state index in [2.05, 4.69) is 57.2 Å². The van der Waals surface area contributed by atoms with Crippen LogP contribution in [0.3, 0.4) is 0 Å². The Labute approximate surface area is 391 Å². The van der Waals surface area contributed by atoms with E-state index in [0.29, 0.717) is 19.3 Å². The molecule has 6 heteroatoms. The van der Waals surface area contributed by atoms with Gasteiger partial charge in [-0.15, -0.1) is 0 Å². The van der Waals surface area contributed by atoms with Gasteiger partial charge >= 0.3 is 17.9 Å². The van der Waals surface area contributed by atoms with Gasteiger partial charge in [0.25, 0.3) is 0 Å². The van der Waals surface area contributed by atoms with Crippen LogP contribution in [0.2, 0.25) is 0 Å². The Balaban J connectivity index is 4.38. The number of ether oxygens (including phenoxy) is 3. The van der Waals surface area contributed by atoms with Crippen molar-refractivity contribution in [2.24, 2.45) is 0 Å². The normalized spacial score (nSPS) is 12.2. The lowest BCUT2D eigenvalue weighted by Gasteiger charge is -2.18. The van der Waals surface area contributed by atoms with E-state index in [4.69, 9.17) is 14.2 Å². The summed E-state index contributed by atoms with van der Waals surface area (Å²) >= 11 is 0. The molecule has 0 aliphatic carbocycles. The first-order valence-corrected chi connectivity index (χ1v) is 27.5. The van der Waals surface area contributed by atoms with E-state index in [9.17, 15) is 14.4 Å². The second-order valence-corrected chi connectivity index (χ2v) is 18.5. The van der Waals surface area contributed by atoms with Crippen LogP contribution in [0.1, 0.15) is 290 Å². The molecule has 0 aromatic heterocycles. The van der Waals surface area contributed by atoms with Crippen molar-refractivity contribution < 1.29 is 28.6 Å². The lowest BCUT2D eigenvalue weighted by Crippen LogP contribution is -2.30. The highest BCUT2D eigenvalue weighted by Crippen LogP contribution is 2.16. The van der Waals surface area contributed by atoms with Gasteiger partial charge in [-0.2, -0.15) is 0 Å². The molecule has 0 N–H and O–H groups in total. The van der Waals surface area contributed by atoms with Gasteiger partial charge in [0.15, 0.2) is 6.10 Å². The molecule has 1 unspecified atom stereocenters. The number of rotatable bonds is 50. The first-order valence-electron chi connectivity index (χ1n) is 27.5. The number of esters is 3. The van der Waals surface area contributed by atoms with Crippen molar-refractivity contribution in [1.82, 2.24) is 0 Å². The van der Waals surface area contributed by atoms with Crippen molar-refractivity contribution in [2.75, 3.05) is 13.2 Å². The first kappa shape index (κ1) is 60.6. The molecule has 0 fully saturated rings. The monoisotopic (exact) mass is 885 g/mol. The Morgan fingerprint density at radius 1 is 0.317 bits per heavy atom. The zero-order valence-electron chi connectivity index (χ0n) is 42.1. The summed E-state index contributed by atoms with van der Waals surface area (Å²) in [6, 6.07) is 0. The fourth-order valence-electron chi connectivity index (χ4n) is 7.94. The predicted molar refractivity (Wildman–Crippen MR) is 270 cm³/mol. The Morgan fingerprint density at radius 2 is 0.571 bits per heavy atom. The number of unbranched alkanes of at least 4 members (excludes halogenated alkanes) is 33. The predicted octanol–water partition coefficient (Wildman–Crippen LogP) is 18.1. The third-order valence-corrected chi connectivity index (χ3v) is 12.1. The van der Waals surface area contributed by atoms with Crippen LogP contribution in [0, 0.1) is 0 Å². The van der Waals surface area contributed by atoms with Gasteiger partial charge in [-0.1, -0.05) is 231 Å². The summed E-state index contributed by atoms with van der Waals surface area (Å²) < 4.78 is 16.8. The molecular weight excluding hydrogens is 781 g/mol. The lowest BCUT2D eigenvalue weighted by molar-refractivity contribution is -0.167. The van der Waals surface area contributed by atoms with Gasteiger partial charge in [0, 0.05) is 19.3 Å². The second-order valence-electron chi connectivity index (χ2n) is 18.5. The quantitative estimate of drug-likeness (QED) is 0.0262. The van der Waals surface area contributed by atoms with Crippen molar-refractivity contribution in [2.45, 2.75) is 297 Å². The van der Waals surface area contributed by atoms with E-state index >= 15 is 0 Å². The zero-order valence-corrected chi connectivity index (χ0v) is 42.1. The number of carbonyl (C=O) groups excluding carboxylic acids is 3. The van der Waals surface area contributed by atoms with Crippen LogP contribution < -0.4 is 0 Å². The summed E-state index contributed by atoms with van der Waals surface area (Å²) in [5.74, 6) is -0.885. The van der Waals surface area contributed by atoms with Gasteiger partial charge in [-0.05, 0) is 77.0 Å². The molecule has 6 nitrogen and oxygen atoms in total. The van der Waals surface area contributed by atoms with E-state index in [1.807, 2.05) is 0 Å². The maximum Gasteiger partial charge on any atom is 0.306 e. The van der Waals surface area contributed by atoms with Gasteiger partial charge in [0.2, 0.25) is 0 Å². The van der Waals surface area contributed by atoms with Crippen LogP contribution in [0.15, 0.2) is 36.5 Å². The van der Waals surface area contributed by atoms with Crippen molar-refractivity contribution >= 4 is 17.9 Å². The maximum atomic E-state index is 12.8. The van der Waals surface area contributed by atoms with Gasteiger partial charge in [-0.25, -0.2) is 0 Å². The third kappa shape index (κ3) is 50.5. The fourth-order valence-corrected chi connectivity index (χ4v) is 7.94. The second kappa shape index (κ2) is 52.3. The van der Waals surface area contributed by atoms with Crippen molar-refractivity contribution in [3.8, 4) is 0 Å². The van der Waals surface area contributed by atoms with Gasteiger partial charge in [-0.3, -0.25) is 14.4 Å². The molecule has 0 rings (SSSR count). The van der Waals surface area contributed by atoms with E-state index < -0.39 is 6.10 Å².